The van der Waals surface area contributed by atoms with E-state index >= 15 is 0 Å². The molecule has 0 bridgehead atoms. The van der Waals surface area contributed by atoms with E-state index < -0.39 is 11.2 Å². The Hall–Kier alpha value is -1.95. The molecule has 0 radical (unpaired) electrons. The second kappa shape index (κ2) is 5.11. The van der Waals surface area contributed by atoms with Crippen molar-refractivity contribution in [3.8, 4) is 11.4 Å². The summed E-state index contributed by atoms with van der Waals surface area (Å²) in [6.07, 6.45) is 1.25. The van der Waals surface area contributed by atoms with Crippen molar-refractivity contribution in [3.05, 3.63) is 34.9 Å². The zero-order chi connectivity index (χ0) is 15.0. The molecule has 0 amide bonds. The lowest BCUT2D eigenvalue weighted by atomic mass is 10.1. The average molecular weight is 311 g/mol. The minimum absolute atomic E-state index is 0.0228. The van der Waals surface area contributed by atoms with Crippen LogP contribution in [0.1, 0.15) is 25.7 Å². The Kier molecular flexibility index (Phi) is 3.41. The molecule has 0 N–H and O–H groups in total. The lowest BCUT2D eigenvalue weighted by Gasteiger charge is -2.08. The quantitative estimate of drug-likeness (QED) is 0.812. The van der Waals surface area contributed by atoms with E-state index in [9.17, 15) is 9.18 Å². The summed E-state index contributed by atoms with van der Waals surface area (Å²) in [6, 6.07) is 4.14. The van der Waals surface area contributed by atoms with Crippen LogP contribution in [0.5, 0.6) is 0 Å². The summed E-state index contributed by atoms with van der Waals surface area (Å²) in [6.45, 7) is 2.04. The number of hydrogen-bond acceptors (Lipinski definition) is 5. The second-order valence-electron chi connectivity index (χ2n) is 4.85. The fourth-order valence-electron chi connectivity index (χ4n) is 2.07. The molecule has 21 heavy (non-hydrogen) atoms. The van der Waals surface area contributed by atoms with Crippen molar-refractivity contribution in [1.82, 2.24) is 10.1 Å². The number of aromatic nitrogens is 2. The number of benzene rings is 1. The van der Waals surface area contributed by atoms with Crippen molar-refractivity contribution in [2.45, 2.75) is 25.2 Å². The second-order valence-corrected chi connectivity index (χ2v) is 5.26. The van der Waals surface area contributed by atoms with Crippen LogP contribution in [-0.4, -0.2) is 22.7 Å². The zero-order valence-electron chi connectivity index (χ0n) is 11.2. The van der Waals surface area contributed by atoms with Gasteiger partial charge in [0.1, 0.15) is 11.2 Å². The van der Waals surface area contributed by atoms with Crippen molar-refractivity contribution < 1.29 is 18.4 Å². The molecule has 3 rings (SSSR count). The first kappa shape index (κ1) is 14.0. The van der Waals surface area contributed by atoms with E-state index in [1.807, 2.05) is 0 Å². The fraction of sp³-hybridized carbons (Fsp3) is 0.357. The molecule has 1 aliphatic carbocycles. The molecule has 1 aromatic heterocycles. The van der Waals surface area contributed by atoms with Crippen molar-refractivity contribution in [2.24, 2.45) is 0 Å². The summed E-state index contributed by atoms with van der Waals surface area (Å²) in [5.74, 6) is -0.370. The van der Waals surface area contributed by atoms with Gasteiger partial charge in [-0.25, -0.2) is 4.39 Å². The molecule has 1 aliphatic rings. The first-order valence-corrected chi connectivity index (χ1v) is 6.91. The van der Waals surface area contributed by atoms with E-state index in [-0.39, 0.29) is 22.7 Å². The molecule has 7 heteroatoms. The van der Waals surface area contributed by atoms with Gasteiger partial charge in [0, 0.05) is 5.56 Å². The topological polar surface area (TPSA) is 65.2 Å². The van der Waals surface area contributed by atoms with Crippen LogP contribution in [-0.2, 0) is 14.9 Å². The molecule has 5 nitrogen and oxygen atoms in total. The Labute approximate surface area is 125 Å². The van der Waals surface area contributed by atoms with E-state index in [4.69, 9.17) is 20.9 Å². The van der Waals surface area contributed by atoms with Crippen LogP contribution < -0.4 is 0 Å². The van der Waals surface area contributed by atoms with Gasteiger partial charge in [0.15, 0.2) is 0 Å². The molecule has 0 spiro atoms. The molecule has 1 fully saturated rings. The Morgan fingerprint density at radius 2 is 2.29 bits per heavy atom. The van der Waals surface area contributed by atoms with E-state index in [1.165, 1.54) is 18.2 Å². The van der Waals surface area contributed by atoms with Crippen LogP contribution in [0.25, 0.3) is 11.4 Å². The van der Waals surface area contributed by atoms with Gasteiger partial charge in [0.2, 0.25) is 11.7 Å². The molecule has 0 saturated heterocycles. The maximum Gasteiger partial charge on any atom is 0.321 e. The molecular weight excluding hydrogens is 299 g/mol. The van der Waals surface area contributed by atoms with Gasteiger partial charge in [-0.05, 0) is 38.0 Å². The van der Waals surface area contributed by atoms with Crippen LogP contribution in [0.15, 0.2) is 22.7 Å². The number of nitrogens with zero attached hydrogens (tertiary/aromatic N) is 2. The molecule has 2 aromatic rings. The molecule has 0 atom stereocenters. The van der Waals surface area contributed by atoms with E-state index in [2.05, 4.69) is 10.1 Å². The molecule has 0 aliphatic heterocycles. The van der Waals surface area contributed by atoms with E-state index in [0.717, 1.165) is 0 Å². The normalized spacial score (nSPS) is 15.8. The monoisotopic (exact) mass is 310 g/mol. The minimum Gasteiger partial charge on any atom is -0.465 e. The summed E-state index contributed by atoms with van der Waals surface area (Å²) in [4.78, 5) is 16.2. The van der Waals surface area contributed by atoms with Gasteiger partial charge >= 0.3 is 5.97 Å². The SMILES string of the molecule is CCOC(=O)C1(c2nc(-c3ccc(F)c(Cl)c3)no2)CC1. The lowest BCUT2D eigenvalue weighted by Crippen LogP contribution is -2.23. The van der Waals surface area contributed by atoms with Crippen LogP contribution in [0.4, 0.5) is 4.39 Å². The first-order valence-electron chi connectivity index (χ1n) is 6.53. The van der Waals surface area contributed by atoms with Crippen LogP contribution >= 0.6 is 11.6 Å². The number of hydrogen-bond donors (Lipinski definition) is 0. The maximum absolute atomic E-state index is 13.2. The largest absolute Gasteiger partial charge is 0.465 e. The smallest absolute Gasteiger partial charge is 0.321 e. The standard InChI is InChI=1S/C14H12ClFN2O3/c1-2-20-13(19)14(5-6-14)12-17-11(18-21-12)8-3-4-10(16)9(15)7-8/h3-4,7H,2,5-6H2,1H3. The van der Waals surface area contributed by atoms with Crippen molar-refractivity contribution in [2.75, 3.05) is 6.61 Å². The third-order valence-corrected chi connectivity index (χ3v) is 3.72. The van der Waals surface area contributed by atoms with Gasteiger partial charge in [0.05, 0.1) is 11.6 Å². The van der Waals surface area contributed by atoms with Gasteiger partial charge in [0.25, 0.3) is 0 Å². The third kappa shape index (κ3) is 2.40. The van der Waals surface area contributed by atoms with E-state index in [0.29, 0.717) is 25.0 Å². The molecule has 0 unspecified atom stereocenters. The predicted octanol–water partition coefficient (Wildman–Crippen LogP) is 3.12. The summed E-state index contributed by atoms with van der Waals surface area (Å²) < 4.78 is 23.4. The number of carbonyl (C=O) groups is 1. The zero-order valence-corrected chi connectivity index (χ0v) is 12.0. The number of rotatable bonds is 4. The Balaban J connectivity index is 1.90. The Bertz CT molecular complexity index is 697. The Morgan fingerprint density at radius 3 is 2.90 bits per heavy atom. The van der Waals surface area contributed by atoms with Crippen LogP contribution in [0.3, 0.4) is 0 Å². The third-order valence-electron chi connectivity index (χ3n) is 3.43. The molecular formula is C14H12ClFN2O3. The molecule has 110 valence electrons. The highest BCUT2D eigenvalue weighted by atomic mass is 35.5. The minimum atomic E-state index is -0.814. The van der Waals surface area contributed by atoms with Gasteiger partial charge in [-0.1, -0.05) is 16.8 Å². The fourth-order valence-corrected chi connectivity index (χ4v) is 2.25. The molecule has 1 saturated carbocycles. The average Bonchev–Trinajstić information content (AvgIpc) is 3.13. The highest BCUT2D eigenvalue weighted by Gasteiger charge is 2.57. The van der Waals surface area contributed by atoms with E-state index in [1.54, 1.807) is 6.92 Å². The number of halogens is 2. The summed E-state index contributed by atoms with van der Waals surface area (Å²) in [5.41, 5.74) is -0.290. The van der Waals surface area contributed by atoms with Gasteiger partial charge < -0.3 is 9.26 Å². The van der Waals surface area contributed by atoms with Crippen LogP contribution in [0.2, 0.25) is 5.02 Å². The lowest BCUT2D eigenvalue weighted by molar-refractivity contribution is -0.146. The summed E-state index contributed by atoms with van der Waals surface area (Å²) in [5, 5.41) is 3.81. The first-order chi connectivity index (χ1) is 10.1. The number of ether oxygens (including phenoxy) is 1. The Morgan fingerprint density at radius 1 is 1.52 bits per heavy atom. The van der Waals surface area contributed by atoms with Gasteiger partial charge in [-0.15, -0.1) is 0 Å². The van der Waals surface area contributed by atoms with Crippen molar-refractivity contribution in [1.29, 1.82) is 0 Å². The van der Waals surface area contributed by atoms with Crippen molar-refractivity contribution in [3.63, 3.8) is 0 Å². The highest BCUT2D eigenvalue weighted by Crippen LogP contribution is 2.48. The van der Waals surface area contributed by atoms with Gasteiger partial charge in [-0.2, -0.15) is 4.98 Å². The summed E-state index contributed by atoms with van der Waals surface area (Å²) >= 11 is 5.73. The predicted molar refractivity (Wildman–Crippen MR) is 72.2 cm³/mol. The maximum atomic E-state index is 13.2. The van der Waals surface area contributed by atoms with Crippen LogP contribution in [0, 0.1) is 5.82 Å². The van der Waals surface area contributed by atoms with Crippen molar-refractivity contribution >= 4 is 17.6 Å². The summed E-state index contributed by atoms with van der Waals surface area (Å²) in [7, 11) is 0. The number of esters is 1. The number of carbonyl (C=O) groups excluding carboxylic acids is 1. The molecule has 1 heterocycles. The van der Waals surface area contributed by atoms with Gasteiger partial charge in [-0.3, -0.25) is 4.79 Å². The molecule has 1 aromatic carbocycles. The highest BCUT2D eigenvalue weighted by molar-refractivity contribution is 6.31.